The standard InChI is InChI=1S/C29H36N4O2/c30-15-7-16-31-29(35)27(19-23-13-14-24-10-4-5-11-25(24)18-23)32-28(34)26-12-6-17-33(21-26)20-22-8-2-1-3-9-22/h1-5,8-11,13-14,18,26-27H,6-7,12,15-17,19-21,30H2,(H,31,35)(H,32,34). The molecule has 2 unspecified atom stereocenters. The van der Waals surface area contributed by atoms with Crippen molar-refractivity contribution >= 4 is 22.6 Å². The van der Waals surface area contributed by atoms with E-state index >= 15 is 0 Å². The van der Waals surface area contributed by atoms with Gasteiger partial charge in [-0.2, -0.15) is 0 Å². The summed E-state index contributed by atoms with van der Waals surface area (Å²) < 4.78 is 0. The van der Waals surface area contributed by atoms with Gasteiger partial charge in [-0.1, -0.05) is 72.8 Å². The molecule has 4 N–H and O–H groups in total. The van der Waals surface area contributed by atoms with Crippen molar-refractivity contribution in [3.05, 3.63) is 83.9 Å². The van der Waals surface area contributed by atoms with Crippen LogP contribution >= 0.6 is 0 Å². The molecule has 2 amide bonds. The Labute approximate surface area is 207 Å². The van der Waals surface area contributed by atoms with Gasteiger partial charge in [-0.3, -0.25) is 14.5 Å². The van der Waals surface area contributed by atoms with E-state index in [2.05, 4.69) is 51.9 Å². The molecule has 184 valence electrons. The van der Waals surface area contributed by atoms with E-state index in [1.54, 1.807) is 0 Å². The van der Waals surface area contributed by atoms with Gasteiger partial charge >= 0.3 is 0 Å². The monoisotopic (exact) mass is 472 g/mol. The van der Waals surface area contributed by atoms with Crippen LogP contribution in [0.4, 0.5) is 0 Å². The summed E-state index contributed by atoms with van der Waals surface area (Å²) in [6.07, 6.45) is 2.97. The van der Waals surface area contributed by atoms with E-state index in [-0.39, 0.29) is 17.7 Å². The Balaban J connectivity index is 1.43. The van der Waals surface area contributed by atoms with Gasteiger partial charge in [-0.25, -0.2) is 0 Å². The summed E-state index contributed by atoms with van der Waals surface area (Å²) in [6.45, 7) is 3.55. The Kier molecular flexibility index (Phi) is 8.87. The molecule has 0 aliphatic carbocycles. The minimum Gasteiger partial charge on any atom is -0.354 e. The number of nitrogens with zero attached hydrogens (tertiary/aromatic N) is 1. The van der Waals surface area contributed by atoms with Crippen LogP contribution in [0, 0.1) is 5.92 Å². The van der Waals surface area contributed by atoms with Crippen LogP contribution in [0.5, 0.6) is 0 Å². The van der Waals surface area contributed by atoms with Gasteiger partial charge in [0.1, 0.15) is 6.04 Å². The zero-order chi connectivity index (χ0) is 24.5. The van der Waals surface area contributed by atoms with Gasteiger partial charge < -0.3 is 16.4 Å². The number of carbonyl (C=O) groups is 2. The lowest BCUT2D eigenvalue weighted by molar-refractivity contribution is -0.132. The van der Waals surface area contributed by atoms with Gasteiger partial charge in [-0.05, 0) is 54.3 Å². The van der Waals surface area contributed by atoms with E-state index in [1.165, 1.54) is 5.56 Å². The predicted molar refractivity (Wildman–Crippen MR) is 141 cm³/mol. The maximum atomic E-state index is 13.3. The van der Waals surface area contributed by atoms with Crippen molar-refractivity contribution in [1.82, 2.24) is 15.5 Å². The van der Waals surface area contributed by atoms with Crippen LogP contribution in [-0.2, 0) is 22.6 Å². The summed E-state index contributed by atoms with van der Waals surface area (Å²) in [4.78, 5) is 28.7. The SMILES string of the molecule is NCCCNC(=O)C(Cc1ccc2ccccc2c1)NC(=O)C1CCCN(Cc2ccccc2)C1. The third-order valence-corrected chi connectivity index (χ3v) is 6.69. The maximum absolute atomic E-state index is 13.3. The Morgan fingerprint density at radius 1 is 0.971 bits per heavy atom. The van der Waals surface area contributed by atoms with E-state index in [0.29, 0.717) is 32.5 Å². The first-order valence-corrected chi connectivity index (χ1v) is 12.6. The average Bonchev–Trinajstić information content (AvgIpc) is 2.89. The highest BCUT2D eigenvalue weighted by Crippen LogP contribution is 2.20. The molecule has 35 heavy (non-hydrogen) atoms. The molecule has 0 saturated carbocycles. The quantitative estimate of drug-likeness (QED) is 0.395. The zero-order valence-corrected chi connectivity index (χ0v) is 20.3. The second-order valence-electron chi connectivity index (χ2n) is 9.44. The highest BCUT2D eigenvalue weighted by Gasteiger charge is 2.29. The number of fused-ring (bicyclic) bond motifs is 1. The van der Waals surface area contributed by atoms with Crippen molar-refractivity contribution in [3.8, 4) is 0 Å². The van der Waals surface area contributed by atoms with Crippen LogP contribution in [0.2, 0.25) is 0 Å². The number of piperidine rings is 1. The molecule has 3 aromatic carbocycles. The first-order chi connectivity index (χ1) is 17.1. The van der Waals surface area contributed by atoms with E-state index in [4.69, 9.17) is 5.73 Å². The van der Waals surface area contributed by atoms with Crippen LogP contribution in [0.25, 0.3) is 10.8 Å². The summed E-state index contributed by atoms with van der Waals surface area (Å²) in [5, 5.41) is 8.32. The molecule has 1 aliphatic rings. The minimum atomic E-state index is -0.620. The summed E-state index contributed by atoms with van der Waals surface area (Å²) in [6, 6.07) is 24.1. The lowest BCUT2D eigenvalue weighted by Gasteiger charge is -2.33. The Morgan fingerprint density at radius 2 is 1.74 bits per heavy atom. The topological polar surface area (TPSA) is 87.5 Å². The molecule has 0 bridgehead atoms. The molecular weight excluding hydrogens is 436 g/mol. The van der Waals surface area contributed by atoms with Gasteiger partial charge in [0.15, 0.2) is 0 Å². The first kappa shape index (κ1) is 24.9. The summed E-state index contributed by atoms with van der Waals surface area (Å²) >= 11 is 0. The average molecular weight is 473 g/mol. The van der Waals surface area contributed by atoms with E-state index < -0.39 is 6.04 Å². The van der Waals surface area contributed by atoms with Crippen LogP contribution in [0.3, 0.4) is 0 Å². The van der Waals surface area contributed by atoms with Crippen molar-refractivity contribution in [2.24, 2.45) is 11.7 Å². The number of carbonyl (C=O) groups excluding carboxylic acids is 2. The van der Waals surface area contributed by atoms with E-state index in [0.717, 1.165) is 42.3 Å². The summed E-state index contributed by atoms with van der Waals surface area (Å²) in [7, 11) is 0. The highest BCUT2D eigenvalue weighted by atomic mass is 16.2. The Hall–Kier alpha value is -3.22. The van der Waals surface area contributed by atoms with Crippen LogP contribution in [0.15, 0.2) is 72.8 Å². The maximum Gasteiger partial charge on any atom is 0.242 e. The van der Waals surface area contributed by atoms with Gasteiger partial charge in [0.25, 0.3) is 0 Å². The van der Waals surface area contributed by atoms with Crippen LogP contribution in [0.1, 0.15) is 30.4 Å². The smallest absolute Gasteiger partial charge is 0.242 e. The van der Waals surface area contributed by atoms with Crippen molar-refractivity contribution in [2.75, 3.05) is 26.2 Å². The third kappa shape index (κ3) is 7.13. The molecule has 1 heterocycles. The van der Waals surface area contributed by atoms with Crippen molar-refractivity contribution in [3.63, 3.8) is 0 Å². The molecule has 6 heteroatoms. The number of rotatable bonds is 10. The first-order valence-electron chi connectivity index (χ1n) is 12.6. The fraction of sp³-hybridized carbons (Fsp3) is 0.379. The number of amides is 2. The molecule has 2 atom stereocenters. The molecule has 0 spiro atoms. The van der Waals surface area contributed by atoms with Gasteiger partial charge in [0.2, 0.25) is 11.8 Å². The fourth-order valence-corrected chi connectivity index (χ4v) is 4.79. The fourth-order valence-electron chi connectivity index (χ4n) is 4.79. The molecule has 1 fully saturated rings. The molecular formula is C29H36N4O2. The number of nitrogens with two attached hydrogens (primary N) is 1. The van der Waals surface area contributed by atoms with Crippen LogP contribution < -0.4 is 16.4 Å². The lowest BCUT2D eigenvalue weighted by Crippen LogP contribution is -2.52. The number of nitrogens with one attached hydrogen (secondary N) is 2. The van der Waals surface area contributed by atoms with Gasteiger partial charge in [0.05, 0.1) is 5.92 Å². The highest BCUT2D eigenvalue weighted by molar-refractivity contribution is 5.89. The van der Waals surface area contributed by atoms with E-state index in [1.807, 2.05) is 36.4 Å². The van der Waals surface area contributed by atoms with Crippen molar-refractivity contribution in [2.45, 2.75) is 38.3 Å². The van der Waals surface area contributed by atoms with Crippen LogP contribution in [-0.4, -0.2) is 48.9 Å². The van der Waals surface area contributed by atoms with Gasteiger partial charge in [-0.15, -0.1) is 0 Å². The number of hydrogen-bond donors (Lipinski definition) is 3. The number of hydrogen-bond acceptors (Lipinski definition) is 4. The second-order valence-corrected chi connectivity index (χ2v) is 9.44. The van der Waals surface area contributed by atoms with E-state index in [9.17, 15) is 9.59 Å². The second kappa shape index (κ2) is 12.5. The normalized spacial score (nSPS) is 17.1. The molecule has 1 saturated heterocycles. The summed E-state index contributed by atoms with van der Waals surface area (Å²) in [5.41, 5.74) is 7.87. The Bertz CT molecular complexity index is 1120. The van der Waals surface area contributed by atoms with Crippen molar-refractivity contribution < 1.29 is 9.59 Å². The van der Waals surface area contributed by atoms with Gasteiger partial charge in [0, 0.05) is 26.1 Å². The summed E-state index contributed by atoms with van der Waals surface area (Å²) in [5.74, 6) is -0.317. The molecule has 3 aromatic rings. The third-order valence-electron chi connectivity index (χ3n) is 6.69. The molecule has 0 aromatic heterocycles. The predicted octanol–water partition coefficient (Wildman–Crippen LogP) is 3.24. The number of likely N-dealkylation sites (tertiary alicyclic amines) is 1. The molecule has 1 aliphatic heterocycles. The lowest BCUT2D eigenvalue weighted by atomic mass is 9.95. The minimum absolute atomic E-state index is 0.0393. The Morgan fingerprint density at radius 3 is 2.54 bits per heavy atom. The zero-order valence-electron chi connectivity index (χ0n) is 20.3. The largest absolute Gasteiger partial charge is 0.354 e. The van der Waals surface area contributed by atoms with Crippen molar-refractivity contribution in [1.29, 1.82) is 0 Å². The molecule has 4 rings (SSSR count). The number of benzene rings is 3. The molecule has 6 nitrogen and oxygen atoms in total. The molecule has 0 radical (unpaired) electrons.